The highest BCUT2D eigenvalue weighted by Gasteiger charge is 2.22. The second-order valence-electron chi connectivity index (χ2n) is 4.25. The van der Waals surface area contributed by atoms with Crippen molar-refractivity contribution in [2.45, 2.75) is 58.7 Å². The molecule has 5 nitrogen and oxygen atoms in total. The lowest BCUT2D eigenvalue weighted by Crippen LogP contribution is -2.12. The zero-order valence-corrected chi connectivity index (χ0v) is 11.0. The van der Waals surface area contributed by atoms with Crippen molar-refractivity contribution in [2.75, 3.05) is 6.61 Å². The maximum absolute atomic E-state index is 9.47. The summed E-state index contributed by atoms with van der Waals surface area (Å²) in [6.07, 6.45) is 1.26. The van der Waals surface area contributed by atoms with Gasteiger partial charge in [0.25, 0.3) is 0 Å². The number of nitrogens with zero attached hydrogens (tertiary/aromatic N) is 2. The molecule has 0 fully saturated rings. The van der Waals surface area contributed by atoms with Crippen LogP contribution in [0.3, 0.4) is 0 Å². The molecule has 0 aliphatic heterocycles. The number of ether oxygens (including phenoxy) is 1. The molecule has 0 aliphatic carbocycles. The Morgan fingerprint density at radius 2 is 2.06 bits per heavy atom. The quantitative estimate of drug-likeness (QED) is 0.795. The number of aliphatic hydroxyl groups is 1. The second kappa shape index (κ2) is 6.71. The lowest BCUT2D eigenvalue weighted by molar-refractivity contribution is 0.0477. The van der Waals surface area contributed by atoms with Crippen molar-refractivity contribution < 1.29 is 14.4 Å². The molecule has 3 atom stereocenters. The molecule has 1 N–H and O–H groups in total. The highest BCUT2D eigenvalue weighted by Crippen LogP contribution is 2.23. The average molecular weight is 242 g/mol. The first-order chi connectivity index (χ1) is 8.10. The maximum atomic E-state index is 9.47. The fraction of sp³-hybridized carbons (Fsp3) is 0.833. The summed E-state index contributed by atoms with van der Waals surface area (Å²) in [5, 5.41) is 13.4. The number of rotatable bonds is 7. The van der Waals surface area contributed by atoms with Crippen molar-refractivity contribution in [1.29, 1.82) is 0 Å². The Balaban J connectivity index is 2.76. The summed E-state index contributed by atoms with van der Waals surface area (Å²) in [7, 11) is 0. The normalized spacial score (nSPS) is 16.8. The van der Waals surface area contributed by atoms with Gasteiger partial charge in [-0.05, 0) is 20.3 Å². The van der Waals surface area contributed by atoms with Gasteiger partial charge in [-0.1, -0.05) is 25.4 Å². The molecule has 0 amide bonds. The maximum Gasteiger partial charge on any atom is 0.232 e. The van der Waals surface area contributed by atoms with Crippen molar-refractivity contribution in [3.8, 4) is 0 Å². The van der Waals surface area contributed by atoms with Gasteiger partial charge in [0.05, 0.1) is 12.0 Å². The van der Waals surface area contributed by atoms with Crippen LogP contribution in [-0.2, 0) is 4.74 Å². The fourth-order valence-corrected chi connectivity index (χ4v) is 1.52. The van der Waals surface area contributed by atoms with Crippen molar-refractivity contribution in [3.05, 3.63) is 11.7 Å². The number of aliphatic hydroxyl groups excluding tert-OH is 1. The molecule has 5 heteroatoms. The molecule has 0 aliphatic rings. The third kappa shape index (κ3) is 3.78. The first-order valence-corrected chi connectivity index (χ1v) is 6.23. The summed E-state index contributed by atoms with van der Waals surface area (Å²) in [6, 6.07) is 0. The number of hydrogen-bond donors (Lipinski definition) is 1. The Kier molecular flexibility index (Phi) is 5.58. The Hall–Kier alpha value is -0.940. The summed E-state index contributed by atoms with van der Waals surface area (Å²) < 4.78 is 10.7. The number of hydrogen-bond acceptors (Lipinski definition) is 5. The molecule has 0 saturated heterocycles. The minimum atomic E-state index is -0.500. The molecule has 17 heavy (non-hydrogen) atoms. The molecule has 0 aromatic carbocycles. The molecule has 0 spiro atoms. The first-order valence-electron chi connectivity index (χ1n) is 6.23. The van der Waals surface area contributed by atoms with Crippen LogP contribution < -0.4 is 0 Å². The zero-order valence-electron chi connectivity index (χ0n) is 11.0. The minimum absolute atomic E-state index is 0.108. The van der Waals surface area contributed by atoms with Crippen LogP contribution in [-0.4, -0.2) is 28.0 Å². The Labute approximate surface area is 102 Å². The van der Waals surface area contributed by atoms with Crippen molar-refractivity contribution >= 4 is 0 Å². The average Bonchev–Trinajstić information content (AvgIpc) is 2.76. The molecule has 0 radical (unpaired) electrons. The second-order valence-corrected chi connectivity index (χ2v) is 4.25. The molecule has 3 unspecified atom stereocenters. The lowest BCUT2D eigenvalue weighted by atomic mass is 10.1. The fourth-order valence-electron chi connectivity index (χ4n) is 1.52. The van der Waals surface area contributed by atoms with Gasteiger partial charge in [0.15, 0.2) is 0 Å². The van der Waals surface area contributed by atoms with Crippen molar-refractivity contribution in [1.82, 2.24) is 10.1 Å². The predicted octanol–water partition coefficient (Wildman–Crippen LogP) is 2.43. The van der Waals surface area contributed by atoms with Gasteiger partial charge in [0.2, 0.25) is 11.7 Å². The van der Waals surface area contributed by atoms with E-state index in [1.54, 1.807) is 6.92 Å². The van der Waals surface area contributed by atoms with Gasteiger partial charge in [-0.2, -0.15) is 4.98 Å². The molecule has 0 bridgehead atoms. The van der Waals surface area contributed by atoms with Gasteiger partial charge < -0.3 is 14.4 Å². The van der Waals surface area contributed by atoms with Crippen LogP contribution in [0.5, 0.6) is 0 Å². The molecule has 1 aromatic heterocycles. The predicted molar refractivity (Wildman–Crippen MR) is 63.7 cm³/mol. The van der Waals surface area contributed by atoms with E-state index in [1.807, 2.05) is 13.8 Å². The van der Waals surface area contributed by atoms with Gasteiger partial charge >= 0.3 is 0 Å². The van der Waals surface area contributed by atoms with E-state index in [9.17, 15) is 5.11 Å². The SMILES string of the molecule is CCCC(OCC)c1noc(C(C)C(C)O)n1. The van der Waals surface area contributed by atoms with E-state index in [-0.39, 0.29) is 12.0 Å². The summed E-state index contributed by atoms with van der Waals surface area (Å²) in [5.74, 6) is 0.896. The standard InChI is InChI=1S/C12H22N2O3/c1-5-7-10(16-6-2)11-13-12(17-14-11)8(3)9(4)15/h8-10,15H,5-7H2,1-4H3. The van der Waals surface area contributed by atoms with E-state index < -0.39 is 6.10 Å². The smallest absolute Gasteiger partial charge is 0.232 e. The van der Waals surface area contributed by atoms with Gasteiger partial charge in [-0.3, -0.25) is 0 Å². The molecule has 1 heterocycles. The molecular formula is C12H22N2O3. The molecular weight excluding hydrogens is 220 g/mol. The van der Waals surface area contributed by atoms with E-state index in [2.05, 4.69) is 17.1 Å². The Morgan fingerprint density at radius 3 is 2.59 bits per heavy atom. The van der Waals surface area contributed by atoms with Crippen LogP contribution in [0.1, 0.15) is 64.3 Å². The Bertz CT molecular complexity index is 319. The van der Waals surface area contributed by atoms with Gasteiger partial charge in [-0.15, -0.1) is 0 Å². The molecule has 0 saturated carbocycles. The lowest BCUT2D eigenvalue weighted by Gasteiger charge is -2.11. The van der Waals surface area contributed by atoms with Gasteiger partial charge in [0.1, 0.15) is 6.10 Å². The van der Waals surface area contributed by atoms with E-state index >= 15 is 0 Å². The van der Waals surface area contributed by atoms with Crippen LogP contribution in [0.25, 0.3) is 0 Å². The Morgan fingerprint density at radius 1 is 1.35 bits per heavy atom. The minimum Gasteiger partial charge on any atom is -0.393 e. The van der Waals surface area contributed by atoms with E-state index in [4.69, 9.17) is 9.26 Å². The van der Waals surface area contributed by atoms with Crippen molar-refractivity contribution in [2.24, 2.45) is 0 Å². The molecule has 1 rings (SSSR count). The van der Waals surface area contributed by atoms with Crippen LogP contribution in [0.2, 0.25) is 0 Å². The molecule has 1 aromatic rings. The number of aromatic nitrogens is 2. The van der Waals surface area contributed by atoms with Crippen LogP contribution in [0.4, 0.5) is 0 Å². The topological polar surface area (TPSA) is 68.4 Å². The van der Waals surface area contributed by atoms with E-state index in [1.165, 1.54) is 0 Å². The summed E-state index contributed by atoms with van der Waals surface area (Å²) >= 11 is 0. The third-order valence-corrected chi connectivity index (χ3v) is 2.78. The van der Waals surface area contributed by atoms with Gasteiger partial charge in [0, 0.05) is 6.61 Å². The first kappa shape index (κ1) is 14.1. The van der Waals surface area contributed by atoms with Crippen molar-refractivity contribution in [3.63, 3.8) is 0 Å². The summed E-state index contributed by atoms with van der Waals surface area (Å²) in [5.41, 5.74) is 0. The van der Waals surface area contributed by atoms with E-state index in [0.717, 1.165) is 12.8 Å². The third-order valence-electron chi connectivity index (χ3n) is 2.78. The molecule has 98 valence electrons. The summed E-state index contributed by atoms with van der Waals surface area (Å²) in [6.45, 7) is 8.23. The van der Waals surface area contributed by atoms with Gasteiger partial charge in [-0.25, -0.2) is 0 Å². The van der Waals surface area contributed by atoms with Crippen LogP contribution >= 0.6 is 0 Å². The highest BCUT2D eigenvalue weighted by molar-refractivity contribution is 4.97. The monoisotopic (exact) mass is 242 g/mol. The highest BCUT2D eigenvalue weighted by atomic mass is 16.5. The van der Waals surface area contributed by atoms with Crippen LogP contribution in [0, 0.1) is 0 Å². The largest absolute Gasteiger partial charge is 0.393 e. The van der Waals surface area contributed by atoms with E-state index in [0.29, 0.717) is 18.3 Å². The van der Waals surface area contributed by atoms with Crippen LogP contribution in [0.15, 0.2) is 4.52 Å². The zero-order chi connectivity index (χ0) is 12.8. The summed E-state index contributed by atoms with van der Waals surface area (Å²) in [4.78, 5) is 4.31.